The molecule has 0 atom stereocenters. The smallest absolute Gasteiger partial charge is 0.414 e. The predicted molar refractivity (Wildman–Crippen MR) is 109 cm³/mol. The van der Waals surface area contributed by atoms with Gasteiger partial charge in [0.15, 0.2) is 0 Å². The Balaban J connectivity index is 1.79. The van der Waals surface area contributed by atoms with E-state index < -0.39 is 22.5 Å². The van der Waals surface area contributed by atoms with Gasteiger partial charge in [0.1, 0.15) is 30.5 Å². The first-order chi connectivity index (χ1) is 14.5. The first-order valence-corrected chi connectivity index (χ1v) is 9.14. The van der Waals surface area contributed by atoms with Gasteiger partial charge in [-0.15, -0.1) is 0 Å². The zero-order valence-corrected chi connectivity index (χ0v) is 15.9. The van der Waals surface area contributed by atoms with Crippen LogP contribution in [0.2, 0.25) is 0 Å². The molecule has 7 nitrogen and oxygen atoms in total. The van der Waals surface area contributed by atoms with Gasteiger partial charge in [0.05, 0.1) is 17.5 Å². The highest BCUT2D eigenvalue weighted by Crippen LogP contribution is 2.29. The van der Waals surface area contributed by atoms with Crippen LogP contribution in [0.5, 0.6) is 5.75 Å². The van der Waals surface area contributed by atoms with Crippen molar-refractivity contribution >= 4 is 17.5 Å². The van der Waals surface area contributed by atoms with Gasteiger partial charge < -0.3 is 9.47 Å². The van der Waals surface area contributed by atoms with E-state index in [0.29, 0.717) is 5.75 Å². The lowest BCUT2D eigenvalue weighted by Gasteiger charge is -2.22. The molecule has 3 aromatic rings. The van der Waals surface area contributed by atoms with E-state index in [-0.39, 0.29) is 25.4 Å². The Morgan fingerprint density at radius 1 is 1.00 bits per heavy atom. The molecule has 8 heteroatoms. The van der Waals surface area contributed by atoms with E-state index in [9.17, 15) is 19.3 Å². The number of carbonyl (C=O) groups excluding carboxylic acids is 1. The average Bonchev–Trinajstić information content (AvgIpc) is 2.77. The van der Waals surface area contributed by atoms with Crippen molar-refractivity contribution in [2.24, 2.45) is 0 Å². The number of rotatable bonds is 8. The van der Waals surface area contributed by atoms with Crippen LogP contribution in [0.15, 0.2) is 78.9 Å². The summed E-state index contributed by atoms with van der Waals surface area (Å²) in [5.41, 5.74) is 0.155. The lowest BCUT2D eigenvalue weighted by molar-refractivity contribution is -0.384. The van der Waals surface area contributed by atoms with Crippen molar-refractivity contribution in [2.75, 3.05) is 18.1 Å². The lowest BCUT2D eigenvalue weighted by Crippen LogP contribution is -2.35. The summed E-state index contributed by atoms with van der Waals surface area (Å²) in [6, 6.07) is 21.0. The molecule has 0 bridgehead atoms. The Bertz CT molecular complexity index is 999. The topological polar surface area (TPSA) is 81.9 Å². The van der Waals surface area contributed by atoms with E-state index in [1.54, 1.807) is 48.5 Å². The van der Waals surface area contributed by atoms with Crippen LogP contribution in [0.3, 0.4) is 0 Å². The summed E-state index contributed by atoms with van der Waals surface area (Å²) < 4.78 is 24.5. The Morgan fingerprint density at radius 2 is 1.67 bits per heavy atom. The summed E-state index contributed by atoms with van der Waals surface area (Å²) in [5, 5.41) is 11.4. The Morgan fingerprint density at radius 3 is 2.33 bits per heavy atom. The fraction of sp³-hybridized carbons (Fsp3) is 0.136. The molecule has 0 unspecified atom stereocenters. The average molecular weight is 410 g/mol. The van der Waals surface area contributed by atoms with E-state index in [1.807, 2.05) is 12.1 Å². The largest absolute Gasteiger partial charge is 0.492 e. The molecule has 0 aliphatic carbocycles. The van der Waals surface area contributed by atoms with E-state index in [4.69, 9.17) is 9.47 Å². The van der Waals surface area contributed by atoms with Crippen molar-refractivity contribution in [1.29, 1.82) is 0 Å². The monoisotopic (exact) mass is 410 g/mol. The first-order valence-electron chi connectivity index (χ1n) is 9.14. The third kappa shape index (κ3) is 5.54. The number of amides is 1. The van der Waals surface area contributed by atoms with Crippen LogP contribution in [0.1, 0.15) is 5.56 Å². The van der Waals surface area contributed by atoms with Gasteiger partial charge in [-0.3, -0.25) is 15.0 Å². The molecule has 154 valence electrons. The van der Waals surface area contributed by atoms with Crippen LogP contribution in [-0.4, -0.2) is 24.2 Å². The summed E-state index contributed by atoms with van der Waals surface area (Å²) in [6.07, 6.45) is -0.801. The molecular weight excluding hydrogens is 391 g/mol. The second-order valence-electron chi connectivity index (χ2n) is 6.24. The minimum atomic E-state index is -0.801. The standard InChI is InChI=1S/C22H19FN2O5/c23-18-11-12-20(21(15-18)25(27)28)24(13-14-29-19-9-5-2-6-10-19)22(26)30-16-17-7-3-1-4-8-17/h1-12,15H,13-14,16H2. The normalized spacial score (nSPS) is 10.3. The molecule has 0 saturated carbocycles. The number of hydrogen-bond donors (Lipinski definition) is 0. The summed E-state index contributed by atoms with van der Waals surface area (Å²) in [4.78, 5) is 24.5. The van der Waals surface area contributed by atoms with Crippen LogP contribution >= 0.6 is 0 Å². The highest BCUT2D eigenvalue weighted by atomic mass is 19.1. The van der Waals surface area contributed by atoms with Gasteiger partial charge in [-0.1, -0.05) is 48.5 Å². The molecule has 3 aromatic carbocycles. The number of hydrogen-bond acceptors (Lipinski definition) is 5. The van der Waals surface area contributed by atoms with Crippen LogP contribution in [0.4, 0.5) is 20.6 Å². The summed E-state index contributed by atoms with van der Waals surface area (Å²) in [6.45, 7) is 0.0126. The van der Waals surface area contributed by atoms with Crippen LogP contribution in [0.25, 0.3) is 0 Å². The van der Waals surface area contributed by atoms with Crippen LogP contribution < -0.4 is 9.64 Å². The molecule has 0 saturated heterocycles. The number of carbonyl (C=O) groups is 1. The maximum absolute atomic E-state index is 13.6. The van der Waals surface area contributed by atoms with E-state index >= 15 is 0 Å². The quantitative estimate of drug-likeness (QED) is 0.387. The molecule has 1 amide bonds. The van der Waals surface area contributed by atoms with Crippen molar-refractivity contribution in [3.8, 4) is 5.75 Å². The van der Waals surface area contributed by atoms with Crippen molar-refractivity contribution in [3.63, 3.8) is 0 Å². The SMILES string of the molecule is O=C(OCc1ccccc1)N(CCOc1ccccc1)c1ccc(F)cc1[N+](=O)[O-]. The molecule has 30 heavy (non-hydrogen) atoms. The zero-order chi connectivity index (χ0) is 21.3. The summed E-state index contributed by atoms with van der Waals surface area (Å²) in [5.74, 6) is -0.188. The number of ether oxygens (including phenoxy) is 2. The van der Waals surface area contributed by atoms with E-state index in [2.05, 4.69) is 0 Å². The fourth-order valence-corrected chi connectivity index (χ4v) is 2.75. The first kappa shape index (κ1) is 20.8. The molecule has 0 radical (unpaired) electrons. The van der Waals surface area contributed by atoms with E-state index in [1.165, 1.54) is 6.07 Å². The van der Waals surface area contributed by atoms with Crippen molar-refractivity contribution in [2.45, 2.75) is 6.61 Å². The number of para-hydroxylation sites is 1. The second kappa shape index (κ2) is 10.0. The Hall–Kier alpha value is -3.94. The van der Waals surface area contributed by atoms with Crippen molar-refractivity contribution < 1.29 is 23.6 Å². The third-order valence-electron chi connectivity index (χ3n) is 4.18. The molecular formula is C22H19FN2O5. The molecule has 0 spiro atoms. The molecule has 3 rings (SSSR count). The number of nitro groups is 1. The number of nitro benzene ring substituents is 1. The minimum absolute atomic E-state index is 0.00922. The number of nitrogens with zero attached hydrogens (tertiary/aromatic N) is 2. The van der Waals surface area contributed by atoms with Crippen molar-refractivity contribution in [1.82, 2.24) is 0 Å². The maximum Gasteiger partial charge on any atom is 0.414 e. The van der Waals surface area contributed by atoms with Gasteiger partial charge in [0.2, 0.25) is 0 Å². The molecule has 0 aliphatic heterocycles. The van der Waals surface area contributed by atoms with Gasteiger partial charge in [0.25, 0.3) is 5.69 Å². The zero-order valence-electron chi connectivity index (χ0n) is 15.9. The summed E-state index contributed by atoms with van der Waals surface area (Å²) in [7, 11) is 0. The number of benzene rings is 3. The lowest BCUT2D eigenvalue weighted by atomic mass is 10.2. The Labute approximate surface area is 172 Å². The van der Waals surface area contributed by atoms with Crippen molar-refractivity contribution in [3.05, 3.63) is 100 Å². The van der Waals surface area contributed by atoms with E-state index in [0.717, 1.165) is 22.6 Å². The van der Waals surface area contributed by atoms with Crippen LogP contribution in [0, 0.1) is 15.9 Å². The predicted octanol–water partition coefficient (Wildman–Crippen LogP) is 4.96. The fourth-order valence-electron chi connectivity index (χ4n) is 2.75. The number of halogens is 1. The van der Waals surface area contributed by atoms with Gasteiger partial charge in [-0.25, -0.2) is 9.18 Å². The van der Waals surface area contributed by atoms with Gasteiger partial charge >= 0.3 is 6.09 Å². The highest BCUT2D eigenvalue weighted by Gasteiger charge is 2.26. The minimum Gasteiger partial charge on any atom is -0.492 e. The van der Waals surface area contributed by atoms with Gasteiger partial charge in [-0.2, -0.15) is 0 Å². The maximum atomic E-state index is 13.6. The molecule has 0 heterocycles. The molecule has 0 fully saturated rings. The third-order valence-corrected chi connectivity index (χ3v) is 4.18. The summed E-state index contributed by atoms with van der Waals surface area (Å²) >= 11 is 0. The number of anilines is 1. The highest BCUT2D eigenvalue weighted by molar-refractivity contribution is 5.90. The van der Waals surface area contributed by atoms with Crippen LogP contribution in [-0.2, 0) is 11.3 Å². The van der Waals surface area contributed by atoms with Gasteiger partial charge in [0, 0.05) is 0 Å². The molecule has 0 N–H and O–H groups in total. The Kier molecular flexibility index (Phi) is 6.94. The molecule has 0 aromatic heterocycles. The second-order valence-corrected chi connectivity index (χ2v) is 6.24. The van der Waals surface area contributed by atoms with Gasteiger partial charge in [-0.05, 0) is 29.8 Å². The molecule has 0 aliphatic rings.